The van der Waals surface area contributed by atoms with Crippen molar-refractivity contribution in [3.8, 4) is 0 Å². The van der Waals surface area contributed by atoms with Crippen LogP contribution in [-0.2, 0) is 25.8 Å². The summed E-state index contributed by atoms with van der Waals surface area (Å²) < 4.78 is 0. The van der Waals surface area contributed by atoms with Crippen LogP contribution in [0.25, 0.3) is 0 Å². The molecule has 0 aliphatic heterocycles. The third-order valence-corrected chi connectivity index (χ3v) is 1.62. The predicted molar refractivity (Wildman–Crippen MR) is 66.1 cm³/mol. The van der Waals surface area contributed by atoms with Gasteiger partial charge in [0.05, 0.1) is 0 Å². The van der Waals surface area contributed by atoms with Crippen molar-refractivity contribution in [1.29, 1.82) is 0 Å². The molecule has 0 atom stereocenters. The smallest absolute Gasteiger partial charge is 0.0430 e. The topological polar surface area (TPSA) is 20.2 Å². The molecule has 0 bridgehead atoms. The van der Waals surface area contributed by atoms with Gasteiger partial charge in [-0.1, -0.05) is 13.3 Å². The van der Waals surface area contributed by atoms with E-state index >= 15 is 0 Å². The van der Waals surface area contributed by atoms with Gasteiger partial charge in [-0.2, -0.15) is 36.4 Å². The van der Waals surface area contributed by atoms with Gasteiger partial charge in [0.25, 0.3) is 0 Å². The number of hydrogen-bond acceptors (Lipinski definition) is 1. The monoisotopic (exact) mass is 384 g/mol. The summed E-state index contributed by atoms with van der Waals surface area (Å²) in [4.78, 5) is 0. The van der Waals surface area contributed by atoms with Crippen molar-refractivity contribution >= 4 is 0 Å². The van der Waals surface area contributed by atoms with Crippen LogP contribution >= 0.6 is 0 Å². The number of rotatable bonds is 2. The molecule has 2 heteroatoms. The van der Waals surface area contributed by atoms with Crippen molar-refractivity contribution in [2.24, 2.45) is 0 Å². The minimum atomic E-state index is 0. The second-order valence-electron chi connectivity index (χ2n) is 3.00. The number of unbranched alkanes of at least 4 members (excludes halogenated alkanes) is 1. The van der Waals surface area contributed by atoms with Gasteiger partial charge in [0.2, 0.25) is 0 Å². The first-order valence-electron chi connectivity index (χ1n) is 5.36. The zero-order valence-electron chi connectivity index (χ0n) is 9.84. The maximum absolute atomic E-state index is 8.07. The van der Waals surface area contributed by atoms with Crippen molar-refractivity contribution in [3.05, 3.63) is 60.7 Å². The van der Waals surface area contributed by atoms with Gasteiger partial charge in [-0.25, -0.2) is 24.3 Å². The molecule has 0 aliphatic rings. The molecule has 0 unspecified atom stereocenters. The van der Waals surface area contributed by atoms with Gasteiger partial charge < -0.3 is 5.11 Å². The molecule has 0 heterocycles. The summed E-state index contributed by atoms with van der Waals surface area (Å²) in [5.74, 6) is 0. The maximum Gasteiger partial charge on any atom is 0.0430 e. The van der Waals surface area contributed by atoms with E-state index in [1.807, 2.05) is 60.7 Å². The predicted octanol–water partition coefficient (Wildman–Crippen LogP) is 3.59. The molecule has 1 N–H and O–H groups in total. The average Bonchev–Trinajstić information content (AvgIpc) is 2.99. The molecule has 2 rings (SSSR count). The first-order valence-corrected chi connectivity index (χ1v) is 5.36. The van der Waals surface area contributed by atoms with Crippen LogP contribution in [0.2, 0.25) is 0 Å². The fourth-order valence-electron chi connectivity index (χ4n) is 0.800. The average molecular weight is 383 g/mol. The Hall–Kier alpha value is -0.470. The summed E-state index contributed by atoms with van der Waals surface area (Å²) in [6.45, 7) is 2.40. The Morgan fingerprint density at radius 2 is 1.25 bits per heavy atom. The summed E-state index contributed by atoms with van der Waals surface area (Å²) in [7, 11) is 0. The first kappa shape index (κ1) is 17.9. The van der Waals surface area contributed by atoms with Crippen LogP contribution in [-0.4, -0.2) is 11.7 Å². The van der Waals surface area contributed by atoms with Crippen LogP contribution in [0.15, 0.2) is 60.7 Å². The van der Waals surface area contributed by atoms with Gasteiger partial charge in [0.15, 0.2) is 0 Å². The van der Waals surface area contributed by atoms with E-state index in [1.165, 1.54) is 0 Å². The van der Waals surface area contributed by atoms with Gasteiger partial charge in [0.1, 0.15) is 0 Å². The minimum absolute atomic E-state index is 0. The van der Waals surface area contributed by atoms with E-state index in [-0.39, 0.29) is 25.8 Å². The van der Waals surface area contributed by atoms with Crippen molar-refractivity contribution < 1.29 is 30.9 Å². The quantitative estimate of drug-likeness (QED) is 0.621. The summed E-state index contributed by atoms with van der Waals surface area (Å²) in [6.07, 6.45) is 2.04. The SMILES string of the molecule is CCCCO.[Hf].c1cc[cH-]c1.c1cc[cH-]c1. The standard InChI is InChI=1S/2C5H5.C4H10O.Hf/c2*1-2-4-5-3-1;1-2-3-4-5;/h2*1-5H;5H,2-4H2,1H3;/q2*-1;;. The van der Waals surface area contributed by atoms with E-state index < -0.39 is 0 Å². The Morgan fingerprint density at radius 1 is 0.875 bits per heavy atom. The Labute approximate surface area is 118 Å². The van der Waals surface area contributed by atoms with Gasteiger partial charge in [-0.3, -0.25) is 0 Å². The number of hydrogen-bond donors (Lipinski definition) is 1. The molecule has 0 aromatic heterocycles. The second kappa shape index (κ2) is 16.9. The van der Waals surface area contributed by atoms with E-state index in [0.29, 0.717) is 6.61 Å². The van der Waals surface area contributed by atoms with Crippen LogP contribution in [0.5, 0.6) is 0 Å². The Balaban J connectivity index is 0. The fraction of sp³-hybridized carbons (Fsp3) is 0.286. The molecule has 16 heavy (non-hydrogen) atoms. The molecule has 0 radical (unpaired) electrons. The third kappa shape index (κ3) is 16.0. The van der Waals surface area contributed by atoms with Gasteiger partial charge >= 0.3 is 0 Å². The number of aliphatic hydroxyl groups is 1. The molecule has 88 valence electrons. The molecule has 0 spiro atoms. The summed E-state index contributed by atoms with van der Waals surface area (Å²) >= 11 is 0. The molecule has 0 fully saturated rings. The zero-order valence-corrected chi connectivity index (χ0v) is 13.4. The second-order valence-corrected chi connectivity index (χ2v) is 3.00. The Kier molecular flexibility index (Phi) is 19.0. The van der Waals surface area contributed by atoms with Crippen molar-refractivity contribution in [1.82, 2.24) is 0 Å². The molecular formula is C14H20HfO-2. The number of aliphatic hydroxyl groups excluding tert-OH is 1. The Morgan fingerprint density at radius 3 is 1.31 bits per heavy atom. The summed E-state index contributed by atoms with van der Waals surface area (Å²) in [5.41, 5.74) is 0. The van der Waals surface area contributed by atoms with E-state index in [4.69, 9.17) is 5.11 Å². The molecule has 2 aromatic rings. The molecule has 1 nitrogen and oxygen atoms in total. The normalized spacial score (nSPS) is 7.62. The molecule has 0 saturated carbocycles. The van der Waals surface area contributed by atoms with Crippen LogP contribution in [0.4, 0.5) is 0 Å². The van der Waals surface area contributed by atoms with Crippen LogP contribution in [0.1, 0.15) is 19.8 Å². The van der Waals surface area contributed by atoms with Crippen molar-refractivity contribution in [2.75, 3.05) is 6.61 Å². The summed E-state index contributed by atoms with van der Waals surface area (Å²) in [6, 6.07) is 20.0. The molecule has 2 aromatic carbocycles. The van der Waals surface area contributed by atoms with Gasteiger partial charge in [0, 0.05) is 32.5 Å². The van der Waals surface area contributed by atoms with E-state index in [9.17, 15) is 0 Å². The molecular weight excluding hydrogens is 363 g/mol. The van der Waals surface area contributed by atoms with E-state index in [2.05, 4.69) is 6.92 Å². The maximum atomic E-state index is 8.07. The van der Waals surface area contributed by atoms with Gasteiger partial charge in [-0.05, 0) is 6.42 Å². The molecule has 0 aliphatic carbocycles. The first-order chi connectivity index (χ1) is 7.41. The van der Waals surface area contributed by atoms with E-state index in [0.717, 1.165) is 12.8 Å². The summed E-state index contributed by atoms with van der Waals surface area (Å²) in [5, 5.41) is 8.07. The van der Waals surface area contributed by atoms with Crippen LogP contribution in [0.3, 0.4) is 0 Å². The van der Waals surface area contributed by atoms with E-state index in [1.54, 1.807) is 0 Å². The van der Waals surface area contributed by atoms with Crippen molar-refractivity contribution in [3.63, 3.8) is 0 Å². The third-order valence-electron chi connectivity index (χ3n) is 1.62. The van der Waals surface area contributed by atoms with Crippen LogP contribution < -0.4 is 0 Å². The van der Waals surface area contributed by atoms with Gasteiger partial charge in [-0.15, -0.1) is 0 Å². The minimum Gasteiger partial charge on any atom is -0.396 e. The van der Waals surface area contributed by atoms with Crippen LogP contribution in [0, 0.1) is 0 Å². The molecule has 0 amide bonds. The van der Waals surface area contributed by atoms with Crippen molar-refractivity contribution in [2.45, 2.75) is 19.8 Å². The molecule has 0 saturated heterocycles. The fourth-order valence-corrected chi connectivity index (χ4v) is 0.800. The Bertz CT molecular complexity index is 185. The zero-order chi connectivity index (χ0) is 11.2. The largest absolute Gasteiger partial charge is 0.396 e.